The SMILES string of the molecule is Cc1nsc(N2CCO[C@H](c3cccc(Br)c3)C2)n1. The number of hydrogen-bond acceptors (Lipinski definition) is 5. The third-order valence-corrected chi connectivity index (χ3v) is 4.44. The molecule has 0 N–H and O–H groups in total. The predicted octanol–water partition coefficient (Wildman–Crippen LogP) is 3.19. The summed E-state index contributed by atoms with van der Waals surface area (Å²) in [6.07, 6.45) is 0.0930. The highest BCUT2D eigenvalue weighted by Gasteiger charge is 2.24. The topological polar surface area (TPSA) is 38.2 Å². The Labute approximate surface area is 124 Å². The molecule has 100 valence electrons. The van der Waals surface area contributed by atoms with Crippen LogP contribution in [0.4, 0.5) is 5.13 Å². The second kappa shape index (κ2) is 5.56. The predicted molar refractivity (Wildman–Crippen MR) is 79.7 cm³/mol. The van der Waals surface area contributed by atoms with E-state index < -0.39 is 0 Å². The molecule has 1 atom stereocenters. The molecule has 2 aromatic rings. The van der Waals surface area contributed by atoms with Gasteiger partial charge in [0.1, 0.15) is 11.9 Å². The number of aryl methyl sites for hydroxylation is 1. The number of anilines is 1. The largest absolute Gasteiger partial charge is 0.370 e. The van der Waals surface area contributed by atoms with Crippen LogP contribution in [-0.4, -0.2) is 29.1 Å². The molecule has 19 heavy (non-hydrogen) atoms. The maximum Gasteiger partial charge on any atom is 0.205 e. The number of benzene rings is 1. The minimum atomic E-state index is 0.0930. The van der Waals surface area contributed by atoms with Crippen LogP contribution in [0.15, 0.2) is 28.7 Å². The van der Waals surface area contributed by atoms with Gasteiger partial charge in [0.25, 0.3) is 0 Å². The molecular weight excluding hydrogens is 326 g/mol. The quantitative estimate of drug-likeness (QED) is 0.842. The van der Waals surface area contributed by atoms with Crippen LogP contribution in [-0.2, 0) is 4.74 Å². The second-order valence-corrected chi connectivity index (χ2v) is 6.13. The lowest BCUT2D eigenvalue weighted by Gasteiger charge is -2.32. The number of ether oxygens (including phenoxy) is 1. The van der Waals surface area contributed by atoms with Crippen LogP contribution in [0, 0.1) is 6.92 Å². The van der Waals surface area contributed by atoms with E-state index in [4.69, 9.17) is 4.74 Å². The van der Waals surface area contributed by atoms with Crippen LogP contribution < -0.4 is 4.90 Å². The minimum Gasteiger partial charge on any atom is -0.370 e. The van der Waals surface area contributed by atoms with Crippen molar-refractivity contribution in [3.8, 4) is 0 Å². The summed E-state index contributed by atoms with van der Waals surface area (Å²) in [4.78, 5) is 6.70. The van der Waals surface area contributed by atoms with Crippen molar-refractivity contribution < 1.29 is 4.74 Å². The molecule has 0 spiro atoms. The van der Waals surface area contributed by atoms with Gasteiger partial charge in [-0.1, -0.05) is 28.1 Å². The first-order chi connectivity index (χ1) is 9.22. The summed E-state index contributed by atoms with van der Waals surface area (Å²) < 4.78 is 11.2. The molecule has 1 saturated heterocycles. The highest BCUT2D eigenvalue weighted by atomic mass is 79.9. The normalized spacial score (nSPS) is 19.7. The van der Waals surface area contributed by atoms with E-state index in [9.17, 15) is 0 Å². The lowest BCUT2D eigenvalue weighted by atomic mass is 10.1. The maximum atomic E-state index is 5.87. The van der Waals surface area contributed by atoms with E-state index in [1.165, 1.54) is 17.1 Å². The molecule has 1 fully saturated rings. The monoisotopic (exact) mass is 339 g/mol. The molecule has 0 unspecified atom stereocenters. The molecule has 6 heteroatoms. The van der Waals surface area contributed by atoms with E-state index in [0.29, 0.717) is 0 Å². The Balaban J connectivity index is 1.78. The Bertz CT molecular complexity index is 575. The standard InChI is InChI=1S/C13H14BrN3OS/c1-9-15-13(19-16-9)17-5-6-18-12(8-17)10-3-2-4-11(14)7-10/h2-4,7,12H,5-6,8H2,1H3/t12-/m0/s1. The van der Waals surface area contributed by atoms with Crippen molar-refractivity contribution in [3.05, 3.63) is 40.1 Å². The van der Waals surface area contributed by atoms with E-state index in [-0.39, 0.29) is 6.10 Å². The third kappa shape index (κ3) is 2.96. The van der Waals surface area contributed by atoms with Crippen molar-refractivity contribution in [2.75, 3.05) is 24.6 Å². The Hall–Kier alpha value is -0.980. The van der Waals surface area contributed by atoms with Crippen molar-refractivity contribution >= 4 is 32.6 Å². The Kier molecular flexibility index (Phi) is 3.81. The molecule has 0 bridgehead atoms. The Morgan fingerprint density at radius 3 is 3.11 bits per heavy atom. The summed E-state index contributed by atoms with van der Waals surface area (Å²) in [6.45, 7) is 4.34. The summed E-state index contributed by atoms with van der Waals surface area (Å²) in [5, 5.41) is 0.987. The fourth-order valence-corrected chi connectivity index (χ4v) is 3.27. The molecular formula is C13H14BrN3OS. The van der Waals surface area contributed by atoms with Gasteiger partial charge < -0.3 is 9.64 Å². The molecule has 4 nitrogen and oxygen atoms in total. The Morgan fingerprint density at radius 2 is 2.37 bits per heavy atom. The lowest BCUT2D eigenvalue weighted by molar-refractivity contribution is 0.0397. The zero-order valence-corrected chi connectivity index (χ0v) is 12.9. The van der Waals surface area contributed by atoms with Gasteiger partial charge in [-0.2, -0.15) is 4.37 Å². The van der Waals surface area contributed by atoms with Gasteiger partial charge in [0.05, 0.1) is 13.2 Å². The van der Waals surface area contributed by atoms with Gasteiger partial charge in [-0.05, 0) is 24.6 Å². The van der Waals surface area contributed by atoms with Crippen LogP contribution in [0.1, 0.15) is 17.5 Å². The molecule has 1 aliphatic rings. The van der Waals surface area contributed by atoms with Gasteiger partial charge in [-0.25, -0.2) is 4.98 Å². The van der Waals surface area contributed by atoms with Gasteiger partial charge in [-0.15, -0.1) is 0 Å². The maximum absolute atomic E-state index is 5.87. The molecule has 3 rings (SSSR count). The lowest BCUT2D eigenvalue weighted by Crippen LogP contribution is -2.38. The van der Waals surface area contributed by atoms with Crippen molar-refractivity contribution in [1.29, 1.82) is 0 Å². The molecule has 1 aromatic heterocycles. The number of morpholine rings is 1. The van der Waals surface area contributed by atoms with Crippen molar-refractivity contribution in [3.63, 3.8) is 0 Å². The first kappa shape index (κ1) is 13.0. The number of halogens is 1. The van der Waals surface area contributed by atoms with E-state index in [1.54, 1.807) is 0 Å². The van der Waals surface area contributed by atoms with E-state index in [0.717, 1.165) is 35.1 Å². The average Bonchev–Trinajstić information content (AvgIpc) is 2.86. The van der Waals surface area contributed by atoms with Gasteiger partial charge in [0.15, 0.2) is 0 Å². The molecule has 2 heterocycles. The Morgan fingerprint density at radius 1 is 1.47 bits per heavy atom. The smallest absolute Gasteiger partial charge is 0.205 e. The van der Waals surface area contributed by atoms with Gasteiger partial charge in [0, 0.05) is 22.5 Å². The van der Waals surface area contributed by atoms with Crippen molar-refractivity contribution in [2.45, 2.75) is 13.0 Å². The molecule has 0 saturated carbocycles. The zero-order chi connectivity index (χ0) is 13.2. The van der Waals surface area contributed by atoms with Crippen LogP contribution in [0.2, 0.25) is 0 Å². The van der Waals surface area contributed by atoms with Crippen LogP contribution in [0.5, 0.6) is 0 Å². The van der Waals surface area contributed by atoms with Gasteiger partial charge >= 0.3 is 0 Å². The third-order valence-electron chi connectivity index (χ3n) is 3.07. The highest BCUT2D eigenvalue weighted by Crippen LogP contribution is 2.28. The zero-order valence-electron chi connectivity index (χ0n) is 10.5. The van der Waals surface area contributed by atoms with E-state index >= 15 is 0 Å². The minimum absolute atomic E-state index is 0.0930. The molecule has 0 aliphatic carbocycles. The fraction of sp³-hybridized carbons (Fsp3) is 0.385. The number of rotatable bonds is 2. The van der Waals surface area contributed by atoms with Gasteiger partial charge in [-0.3, -0.25) is 0 Å². The number of aromatic nitrogens is 2. The van der Waals surface area contributed by atoms with E-state index in [1.807, 2.05) is 19.1 Å². The second-order valence-electron chi connectivity index (χ2n) is 4.48. The molecule has 0 radical (unpaired) electrons. The number of hydrogen-bond donors (Lipinski definition) is 0. The summed E-state index contributed by atoms with van der Waals surface area (Å²) in [7, 11) is 0. The van der Waals surface area contributed by atoms with Crippen molar-refractivity contribution in [2.24, 2.45) is 0 Å². The molecule has 0 amide bonds. The molecule has 1 aliphatic heterocycles. The average molecular weight is 340 g/mol. The fourth-order valence-electron chi connectivity index (χ4n) is 2.15. The van der Waals surface area contributed by atoms with Crippen LogP contribution in [0.25, 0.3) is 0 Å². The highest BCUT2D eigenvalue weighted by molar-refractivity contribution is 9.10. The van der Waals surface area contributed by atoms with Crippen LogP contribution in [0.3, 0.4) is 0 Å². The van der Waals surface area contributed by atoms with Crippen LogP contribution >= 0.6 is 27.5 Å². The van der Waals surface area contributed by atoms with E-state index in [2.05, 4.69) is 42.3 Å². The summed E-state index contributed by atoms with van der Waals surface area (Å²) >= 11 is 4.96. The number of nitrogens with zero attached hydrogens (tertiary/aromatic N) is 3. The summed E-state index contributed by atoms with van der Waals surface area (Å²) in [5.41, 5.74) is 1.19. The van der Waals surface area contributed by atoms with Gasteiger partial charge in [0.2, 0.25) is 5.13 Å². The summed E-state index contributed by atoms with van der Waals surface area (Å²) in [5.74, 6) is 0.838. The first-order valence-corrected chi connectivity index (χ1v) is 7.71. The summed E-state index contributed by atoms with van der Waals surface area (Å²) in [6, 6.07) is 8.28. The molecule has 1 aromatic carbocycles. The first-order valence-electron chi connectivity index (χ1n) is 6.15. The van der Waals surface area contributed by atoms with Crippen molar-refractivity contribution in [1.82, 2.24) is 9.36 Å².